The van der Waals surface area contributed by atoms with Crippen molar-refractivity contribution in [1.29, 1.82) is 0 Å². The number of fused-ring (bicyclic) bond motifs is 1. The van der Waals surface area contributed by atoms with Gasteiger partial charge in [-0.3, -0.25) is 4.79 Å². The molecule has 0 radical (unpaired) electrons. The van der Waals surface area contributed by atoms with Crippen LogP contribution in [-0.4, -0.2) is 26.9 Å². The van der Waals surface area contributed by atoms with Gasteiger partial charge in [0.1, 0.15) is 11.5 Å². The van der Waals surface area contributed by atoms with Crippen molar-refractivity contribution in [1.82, 2.24) is 9.97 Å². The molecule has 1 atom stereocenters. The molecule has 5 nitrogen and oxygen atoms in total. The molecule has 27 heavy (non-hydrogen) atoms. The maximum Gasteiger partial charge on any atom is 0.238 e. The number of hydrogen-bond donors (Lipinski definition) is 0. The summed E-state index contributed by atoms with van der Waals surface area (Å²) in [6.45, 7) is 5.32. The first-order valence-corrected chi connectivity index (χ1v) is 9.56. The van der Waals surface area contributed by atoms with Crippen molar-refractivity contribution in [2.45, 2.75) is 13.0 Å². The maximum absolute atomic E-state index is 11.9. The van der Waals surface area contributed by atoms with Gasteiger partial charge in [0.2, 0.25) is 11.0 Å². The zero-order chi connectivity index (χ0) is 19.2. The standard InChI is InChI=1S/C20H17ClN2O3S/c1-3-10-27-20(24)13(2)25-15-5-7-16(8-6-15)26-19-12-22-18-11-14(21)4-9-17(18)23-19/h3-9,11-13H,1,10H2,2H3. The van der Waals surface area contributed by atoms with Gasteiger partial charge in [0.05, 0.1) is 17.2 Å². The van der Waals surface area contributed by atoms with E-state index < -0.39 is 6.10 Å². The Morgan fingerprint density at radius 3 is 2.70 bits per heavy atom. The highest BCUT2D eigenvalue weighted by Gasteiger charge is 2.14. The second-order valence-electron chi connectivity index (χ2n) is 5.59. The molecule has 0 saturated heterocycles. The number of benzene rings is 2. The summed E-state index contributed by atoms with van der Waals surface area (Å²) in [5, 5.41) is 0.568. The van der Waals surface area contributed by atoms with Crippen molar-refractivity contribution in [2.24, 2.45) is 0 Å². The molecule has 3 aromatic rings. The Bertz CT molecular complexity index is 963. The summed E-state index contributed by atoms with van der Waals surface area (Å²) in [6, 6.07) is 12.3. The van der Waals surface area contributed by atoms with Crippen LogP contribution in [0.25, 0.3) is 11.0 Å². The van der Waals surface area contributed by atoms with Gasteiger partial charge in [-0.15, -0.1) is 6.58 Å². The molecule has 0 amide bonds. The fourth-order valence-corrected chi connectivity index (χ4v) is 2.96. The van der Waals surface area contributed by atoms with Gasteiger partial charge in [0.25, 0.3) is 0 Å². The van der Waals surface area contributed by atoms with Crippen LogP contribution in [0.15, 0.2) is 61.3 Å². The van der Waals surface area contributed by atoms with Gasteiger partial charge in [0, 0.05) is 10.8 Å². The molecule has 0 bridgehead atoms. The zero-order valence-corrected chi connectivity index (χ0v) is 16.2. The molecular weight excluding hydrogens is 384 g/mol. The molecule has 138 valence electrons. The first-order chi connectivity index (χ1) is 13.0. The van der Waals surface area contributed by atoms with Crippen LogP contribution < -0.4 is 9.47 Å². The number of rotatable bonds is 7. The lowest BCUT2D eigenvalue weighted by molar-refractivity contribution is -0.116. The lowest BCUT2D eigenvalue weighted by Crippen LogP contribution is -2.21. The van der Waals surface area contributed by atoms with E-state index in [1.165, 1.54) is 11.8 Å². The second-order valence-corrected chi connectivity index (χ2v) is 7.05. The highest BCUT2D eigenvalue weighted by Crippen LogP contribution is 2.25. The van der Waals surface area contributed by atoms with Crippen LogP contribution in [0.3, 0.4) is 0 Å². The molecule has 0 N–H and O–H groups in total. The minimum absolute atomic E-state index is 0.0400. The fourth-order valence-electron chi connectivity index (χ4n) is 2.23. The highest BCUT2D eigenvalue weighted by atomic mass is 35.5. The average Bonchev–Trinajstić information content (AvgIpc) is 2.67. The average molecular weight is 401 g/mol. The molecule has 1 aromatic heterocycles. The van der Waals surface area contributed by atoms with E-state index in [9.17, 15) is 4.79 Å². The van der Waals surface area contributed by atoms with Crippen molar-refractivity contribution in [3.05, 3.63) is 66.3 Å². The SMILES string of the molecule is C=CCSC(=O)C(C)Oc1ccc(Oc2cnc3cc(Cl)ccc3n2)cc1. The van der Waals surface area contributed by atoms with Crippen LogP contribution in [-0.2, 0) is 4.79 Å². The van der Waals surface area contributed by atoms with E-state index in [-0.39, 0.29) is 5.12 Å². The van der Waals surface area contributed by atoms with Crippen LogP contribution in [0.5, 0.6) is 17.4 Å². The molecule has 0 aliphatic carbocycles. The predicted octanol–water partition coefficient (Wildman–Crippen LogP) is 5.29. The third kappa shape index (κ3) is 5.21. The quantitative estimate of drug-likeness (QED) is 0.502. The van der Waals surface area contributed by atoms with Crippen molar-refractivity contribution in [3.63, 3.8) is 0 Å². The van der Waals surface area contributed by atoms with E-state index in [4.69, 9.17) is 21.1 Å². The van der Waals surface area contributed by atoms with Crippen LogP contribution >= 0.6 is 23.4 Å². The summed E-state index contributed by atoms with van der Waals surface area (Å²) in [4.78, 5) is 20.6. The number of thioether (sulfide) groups is 1. The third-order valence-electron chi connectivity index (χ3n) is 3.52. The van der Waals surface area contributed by atoms with Crippen molar-refractivity contribution in [3.8, 4) is 17.4 Å². The van der Waals surface area contributed by atoms with Gasteiger partial charge in [0.15, 0.2) is 6.10 Å². The zero-order valence-electron chi connectivity index (χ0n) is 14.6. The topological polar surface area (TPSA) is 61.3 Å². The molecule has 0 fully saturated rings. The van der Waals surface area contributed by atoms with Gasteiger partial charge in [-0.1, -0.05) is 29.4 Å². The van der Waals surface area contributed by atoms with Crippen LogP contribution in [0.1, 0.15) is 6.92 Å². The van der Waals surface area contributed by atoms with Gasteiger partial charge in [-0.25, -0.2) is 9.97 Å². The van der Waals surface area contributed by atoms with Crippen LogP contribution in [0.2, 0.25) is 5.02 Å². The minimum atomic E-state index is -0.542. The summed E-state index contributed by atoms with van der Waals surface area (Å²) in [5.74, 6) is 2.12. The number of ether oxygens (including phenoxy) is 2. The first-order valence-electron chi connectivity index (χ1n) is 8.19. The third-order valence-corrected chi connectivity index (χ3v) is 4.77. The van der Waals surface area contributed by atoms with Gasteiger partial charge in [-0.2, -0.15) is 0 Å². The van der Waals surface area contributed by atoms with Crippen LogP contribution in [0.4, 0.5) is 0 Å². The molecule has 3 rings (SSSR count). The summed E-state index contributed by atoms with van der Waals surface area (Å²) < 4.78 is 11.4. The van der Waals surface area contributed by atoms with E-state index in [2.05, 4.69) is 16.5 Å². The Balaban J connectivity index is 1.64. The molecule has 0 aliphatic heterocycles. The predicted molar refractivity (Wildman–Crippen MR) is 109 cm³/mol. The normalized spacial score (nSPS) is 11.8. The number of hydrogen-bond acceptors (Lipinski definition) is 6. The summed E-state index contributed by atoms with van der Waals surface area (Å²) >= 11 is 7.13. The monoisotopic (exact) mass is 400 g/mol. The summed E-state index contributed by atoms with van der Waals surface area (Å²) in [7, 11) is 0. The van der Waals surface area contributed by atoms with Crippen LogP contribution in [0, 0.1) is 0 Å². The Morgan fingerprint density at radius 1 is 1.22 bits per heavy atom. The number of carbonyl (C=O) groups excluding carboxylic acids is 1. The van der Waals surface area contributed by atoms with E-state index in [0.717, 1.165) is 0 Å². The first kappa shape index (κ1) is 19.2. The highest BCUT2D eigenvalue weighted by molar-refractivity contribution is 8.13. The van der Waals surface area contributed by atoms with Gasteiger partial charge < -0.3 is 9.47 Å². The largest absolute Gasteiger partial charge is 0.482 e. The maximum atomic E-state index is 11.9. The Kier molecular flexibility index (Phi) is 6.32. The molecule has 1 heterocycles. The summed E-state index contributed by atoms with van der Waals surface area (Å²) in [6.07, 6.45) is 2.69. The summed E-state index contributed by atoms with van der Waals surface area (Å²) in [5.41, 5.74) is 1.40. The fraction of sp³-hybridized carbons (Fsp3) is 0.150. The molecule has 7 heteroatoms. The smallest absolute Gasteiger partial charge is 0.238 e. The second kappa shape index (κ2) is 8.88. The minimum Gasteiger partial charge on any atom is -0.482 e. The molecule has 0 aliphatic rings. The molecule has 1 unspecified atom stereocenters. The van der Waals surface area contributed by atoms with Gasteiger partial charge in [-0.05, 0) is 49.4 Å². The van der Waals surface area contributed by atoms with E-state index >= 15 is 0 Å². The van der Waals surface area contributed by atoms with Crippen molar-refractivity contribution in [2.75, 3.05) is 5.75 Å². The Morgan fingerprint density at radius 2 is 1.96 bits per heavy atom. The van der Waals surface area contributed by atoms with Crippen molar-refractivity contribution < 1.29 is 14.3 Å². The number of carbonyl (C=O) groups is 1. The lowest BCUT2D eigenvalue weighted by Gasteiger charge is -2.13. The van der Waals surface area contributed by atoms with Gasteiger partial charge >= 0.3 is 0 Å². The van der Waals surface area contributed by atoms with E-state index in [1.807, 2.05) is 0 Å². The molecule has 0 spiro atoms. The number of nitrogens with zero attached hydrogens (tertiary/aromatic N) is 2. The lowest BCUT2D eigenvalue weighted by atomic mass is 10.3. The van der Waals surface area contributed by atoms with Crippen molar-refractivity contribution >= 4 is 39.5 Å². The molecule has 0 saturated carbocycles. The Hall–Kier alpha value is -2.57. The number of aromatic nitrogens is 2. The van der Waals surface area contributed by atoms with E-state index in [0.29, 0.717) is 39.2 Å². The van der Waals surface area contributed by atoms with E-state index in [1.54, 1.807) is 61.7 Å². The Labute approximate surface area is 166 Å². The molecular formula is C20H17ClN2O3S. The molecule has 2 aromatic carbocycles. The number of halogens is 1.